The maximum Gasteiger partial charge on any atom is 0.134 e. The fraction of sp³-hybridized carbons (Fsp3) is 0.714. The predicted octanol–water partition coefficient (Wildman–Crippen LogP) is 1.71. The lowest BCUT2D eigenvalue weighted by Gasteiger charge is -2.24. The number of hydrogen-bond donors (Lipinski definition) is 1. The van der Waals surface area contributed by atoms with Gasteiger partial charge in [-0.25, -0.2) is 9.97 Å². The molecule has 0 atom stereocenters. The second kappa shape index (κ2) is 9.50. The zero-order valence-electron chi connectivity index (χ0n) is 13.0. The smallest absolute Gasteiger partial charge is 0.134 e. The minimum atomic E-state index is 0.673. The van der Waals surface area contributed by atoms with Crippen LogP contribution >= 0.6 is 0 Å². The van der Waals surface area contributed by atoms with E-state index in [1.54, 1.807) is 14.2 Å². The van der Waals surface area contributed by atoms with E-state index in [1.165, 1.54) is 0 Å². The molecule has 0 unspecified atom stereocenters. The van der Waals surface area contributed by atoms with Crippen molar-refractivity contribution in [2.45, 2.75) is 20.3 Å². The zero-order valence-corrected chi connectivity index (χ0v) is 13.0. The number of anilines is 2. The first-order valence-corrected chi connectivity index (χ1v) is 7.03. The van der Waals surface area contributed by atoms with E-state index < -0.39 is 0 Å². The highest BCUT2D eigenvalue weighted by Crippen LogP contribution is 2.16. The van der Waals surface area contributed by atoms with Crippen molar-refractivity contribution in [2.75, 3.05) is 57.3 Å². The molecule has 0 aromatic carbocycles. The van der Waals surface area contributed by atoms with Gasteiger partial charge in [0.15, 0.2) is 0 Å². The molecule has 1 aromatic rings. The Hall–Kier alpha value is -1.40. The van der Waals surface area contributed by atoms with Crippen LogP contribution in [0.1, 0.15) is 19.2 Å². The molecule has 20 heavy (non-hydrogen) atoms. The van der Waals surface area contributed by atoms with E-state index in [9.17, 15) is 0 Å². The first-order chi connectivity index (χ1) is 9.71. The average molecular weight is 282 g/mol. The molecule has 1 heterocycles. The third kappa shape index (κ3) is 5.71. The van der Waals surface area contributed by atoms with Gasteiger partial charge in [-0.1, -0.05) is 0 Å². The molecule has 0 saturated heterocycles. The number of methoxy groups -OCH3 is 2. The Morgan fingerprint density at radius 3 is 2.55 bits per heavy atom. The third-order valence-electron chi connectivity index (χ3n) is 2.85. The number of rotatable bonds is 10. The molecule has 0 radical (unpaired) electrons. The second-order valence-electron chi connectivity index (χ2n) is 4.52. The fourth-order valence-corrected chi connectivity index (χ4v) is 1.93. The van der Waals surface area contributed by atoms with Crippen LogP contribution < -0.4 is 10.2 Å². The van der Waals surface area contributed by atoms with E-state index in [0.29, 0.717) is 6.61 Å². The lowest BCUT2D eigenvalue weighted by atomic mass is 10.3. The molecule has 1 N–H and O–H groups in total. The van der Waals surface area contributed by atoms with Crippen molar-refractivity contribution in [3.05, 3.63) is 11.9 Å². The van der Waals surface area contributed by atoms with Gasteiger partial charge >= 0.3 is 0 Å². The van der Waals surface area contributed by atoms with Gasteiger partial charge in [-0.15, -0.1) is 0 Å². The maximum absolute atomic E-state index is 5.18. The minimum Gasteiger partial charge on any atom is -0.385 e. The standard InChI is InChI=1S/C14H26N4O2/c1-5-15-13-11-14(17-12(2)16-13)18(8-10-20-4)7-6-9-19-3/h11H,5-10H2,1-4H3,(H,15,16,17). The van der Waals surface area contributed by atoms with E-state index in [4.69, 9.17) is 9.47 Å². The van der Waals surface area contributed by atoms with E-state index in [2.05, 4.69) is 27.1 Å². The normalized spacial score (nSPS) is 10.6. The first-order valence-electron chi connectivity index (χ1n) is 7.03. The predicted molar refractivity (Wildman–Crippen MR) is 81.5 cm³/mol. The summed E-state index contributed by atoms with van der Waals surface area (Å²) in [7, 11) is 3.43. The summed E-state index contributed by atoms with van der Waals surface area (Å²) in [4.78, 5) is 11.1. The van der Waals surface area contributed by atoms with E-state index in [1.807, 2.05) is 13.0 Å². The number of ether oxygens (including phenoxy) is 2. The van der Waals surface area contributed by atoms with Gasteiger partial charge in [0, 0.05) is 46.5 Å². The second-order valence-corrected chi connectivity index (χ2v) is 4.52. The molecule has 114 valence electrons. The van der Waals surface area contributed by atoms with Crippen molar-refractivity contribution in [1.29, 1.82) is 0 Å². The molecule has 6 heteroatoms. The number of aryl methyl sites for hydroxylation is 1. The molecule has 0 saturated carbocycles. The van der Waals surface area contributed by atoms with Gasteiger partial charge in [0.05, 0.1) is 6.61 Å². The Balaban J connectivity index is 2.81. The molecule has 0 aliphatic carbocycles. The van der Waals surface area contributed by atoms with Crippen LogP contribution in [0.15, 0.2) is 6.07 Å². The Kier molecular flexibility index (Phi) is 7.91. The van der Waals surface area contributed by atoms with Crippen LogP contribution in [0.2, 0.25) is 0 Å². The highest BCUT2D eigenvalue weighted by atomic mass is 16.5. The van der Waals surface area contributed by atoms with Gasteiger partial charge in [-0.05, 0) is 20.3 Å². The van der Waals surface area contributed by atoms with Gasteiger partial charge < -0.3 is 19.7 Å². The summed E-state index contributed by atoms with van der Waals surface area (Å²) >= 11 is 0. The van der Waals surface area contributed by atoms with Crippen LogP contribution in [0.3, 0.4) is 0 Å². The lowest BCUT2D eigenvalue weighted by molar-refractivity contribution is 0.191. The van der Waals surface area contributed by atoms with Crippen LogP contribution in [0.5, 0.6) is 0 Å². The fourth-order valence-electron chi connectivity index (χ4n) is 1.93. The molecule has 1 rings (SSSR count). The van der Waals surface area contributed by atoms with Gasteiger partial charge in [0.2, 0.25) is 0 Å². The monoisotopic (exact) mass is 282 g/mol. The highest BCUT2D eigenvalue weighted by molar-refractivity contribution is 5.49. The molecular weight excluding hydrogens is 256 g/mol. The first kappa shape index (κ1) is 16.7. The van der Waals surface area contributed by atoms with Crippen LogP contribution in [-0.4, -0.2) is 57.0 Å². The number of nitrogens with zero attached hydrogens (tertiary/aromatic N) is 3. The van der Waals surface area contributed by atoms with Crippen molar-refractivity contribution < 1.29 is 9.47 Å². The van der Waals surface area contributed by atoms with Gasteiger partial charge in [-0.3, -0.25) is 0 Å². The molecule has 6 nitrogen and oxygen atoms in total. The molecule has 0 aliphatic heterocycles. The summed E-state index contributed by atoms with van der Waals surface area (Å²) in [6.07, 6.45) is 0.958. The van der Waals surface area contributed by atoms with Crippen LogP contribution in [0.25, 0.3) is 0 Å². The van der Waals surface area contributed by atoms with Crippen LogP contribution in [-0.2, 0) is 9.47 Å². The number of aromatic nitrogens is 2. The summed E-state index contributed by atoms with van der Waals surface area (Å²) in [5.41, 5.74) is 0. The summed E-state index contributed by atoms with van der Waals surface area (Å²) in [6.45, 7) is 7.92. The topological polar surface area (TPSA) is 59.5 Å². The molecule has 0 bridgehead atoms. The highest BCUT2D eigenvalue weighted by Gasteiger charge is 2.10. The largest absolute Gasteiger partial charge is 0.385 e. The molecular formula is C14H26N4O2. The quantitative estimate of drug-likeness (QED) is 0.659. The molecule has 1 aromatic heterocycles. The van der Waals surface area contributed by atoms with E-state index in [-0.39, 0.29) is 0 Å². The summed E-state index contributed by atoms with van der Waals surface area (Å²) in [5, 5.41) is 3.23. The maximum atomic E-state index is 5.18. The summed E-state index contributed by atoms with van der Waals surface area (Å²) < 4.78 is 10.3. The summed E-state index contributed by atoms with van der Waals surface area (Å²) in [6, 6.07) is 1.99. The molecule has 0 spiro atoms. The van der Waals surface area contributed by atoms with Crippen molar-refractivity contribution in [2.24, 2.45) is 0 Å². The van der Waals surface area contributed by atoms with Crippen molar-refractivity contribution in [1.82, 2.24) is 9.97 Å². The Bertz CT molecular complexity index is 387. The van der Waals surface area contributed by atoms with Gasteiger partial charge in [0.25, 0.3) is 0 Å². The molecule has 0 aliphatic rings. The Labute approximate surface area is 121 Å². The lowest BCUT2D eigenvalue weighted by Crippen LogP contribution is -2.30. The van der Waals surface area contributed by atoms with Crippen molar-refractivity contribution in [3.8, 4) is 0 Å². The van der Waals surface area contributed by atoms with Crippen LogP contribution in [0, 0.1) is 6.92 Å². The van der Waals surface area contributed by atoms with E-state index >= 15 is 0 Å². The van der Waals surface area contributed by atoms with Crippen molar-refractivity contribution in [3.63, 3.8) is 0 Å². The Morgan fingerprint density at radius 1 is 1.15 bits per heavy atom. The van der Waals surface area contributed by atoms with Gasteiger partial charge in [0.1, 0.15) is 17.5 Å². The minimum absolute atomic E-state index is 0.673. The number of hydrogen-bond acceptors (Lipinski definition) is 6. The molecule has 0 fully saturated rings. The zero-order chi connectivity index (χ0) is 14.8. The summed E-state index contributed by atoms with van der Waals surface area (Å²) in [5.74, 6) is 2.57. The SMILES string of the molecule is CCNc1cc(N(CCCOC)CCOC)nc(C)n1. The Morgan fingerprint density at radius 2 is 1.90 bits per heavy atom. The average Bonchev–Trinajstić information content (AvgIpc) is 2.42. The van der Waals surface area contributed by atoms with Crippen LogP contribution in [0.4, 0.5) is 11.6 Å². The third-order valence-corrected chi connectivity index (χ3v) is 2.85. The molecule has 0 amide bonds. The van der Waals surface area contributed by atoms with Crippen molar-refractivity contribution >= 4 is 11.6 Å². The number of nitrogens with one attached hydrogen (secondary N) is 1. The van der Waals surface area contributed by atoms with E-state index in [0.717, 1.165) is 50.1 Å². The van der Waals surface area contributed by atoms with Gasteiger partial charge in [-0.2, -0.15) is 0 Å².